The van der Waals surface area contributed by atoms with E-state index in [2.05, 4.69) is 35.6 Å². The van der Waals surface area contributed by atoms with E-state index in [9.17, 15) is 8.42 Å². The summed E-state index contributed by atoms with van der Waals surface area (Å²) in [4.78, 5) is 0. The van der Waals surface area contributed by atoms with Gasteiger partial charge in [-0.3, -0.25) is 0 Å². The van der Waals surface area contributed by atoms with E-state index in [0.29, 0.717) is 12.3 Å². The molecule has 1 aromatic rings. The molecule has 1 fully saturated rings. The summed E-state index contributed by atoms with van der Waals surface area (Å²) < 4.78 is 27.1. The monoisotopic (exact) mass is 361 g/mol. The Morgan fingerprint density at radius 3 is 2.37 bits per heavy atom. The van der Waals surface area contributed by atoms with Gasteiger partial charge in [0.05, 0.1) is 11.8 Å². The van der Waals surface area contributed by atoms with Crippen LogP contribution in [-0.2, 0) is 10.0 Å². The highest BCUT2D eigenvalue weighted by atomic mass is 79.9. The second kappa shape index (κ2) is 5.31. The highest BCUT2D eigenvalue weighted by molar-refractivity contribution is 9.10. The summed E-state index contributed by atoms with van der Waals surface area (Å²) in [6.07, 6.45) is 0. The van der Waals surface area contributed by atoms with Crippen molar-refractivity contribution in [3.63, 3.8) is 0 Å². The molecule has 0 bridgehead atoms. The Morgan fingerprint density at radius 1 is 1.26 bits per heavy atom. The summed E-state index contributed by atoms with van der Waals surface area (Å²) >= 11 is 3.39. The molecule has 1 aliphatic rings. The van der Waals surface area contributed by atoms with Crippen molar-refractivity contribution in [2.45, 2.75) is 31.7 Å². The van der Waals surface area contributed by atoms with Crippen molar-refractivity contribution in [3.05, 3.63) is 34.3 Å². The molecule has 0 aliphatic carbocycles. The maximum Gasteiger partial charge on any atom is 0.214 e. The number of nitrogens with zero attached hydrogens (tertiary/aromatic N) is 1. The quantitative estimate of drug-likeness (QED) is 0.594. The summed E-state index contributed by atoms with van der Waals surface area (Å²) in [5, 5.41) is 0. The molecule has 1 saturated heterocycles. The zero-order valence-corrected chi connectivity index (χ0v) is 15.0. The van der Waals surface area contributed by atoms with Gasteiger partial charge in [0, 0.05) is 19.1 Å². The molecule has 0 spiro atoms. The topological polar surface area (TPSA) is 37.1 Å². The van der Waals surface area contributed by atoms with Crippen molar-refractivity contribution < 1.29 is 8.42 Å². The summed E-state index contributed by atoms with van der Waals surface area (Å²) in [5.41, 5.74) is 1.08. The Kier molecular flexibility index (Phi) is 4.25. The number of hydrogen-bond donors (Lipinski definition) is 0. The molecule has 0 N–H and O–H groups in total. The normalized spacial score (nSPS) is 23.4. The van der Waals surface area contributed by atoms with E-state index in [4.69, 9.17) is 0 Å². The Morgan fingerprint density at radius 2 is 1.84 bits per heavy atom. The van der Waals surface area contributed by atoms with E-state index in [0.717, 1.165) is 16.1 Å². The van der Waals surface area contributed by atoms with E-state index in [1.807, 2.05) is 24.3 Å². The van der Waals surface area contributed by atoms with Gasteiger partial charge in [-0.25, -0.2) is 8.42 Å². The van der Waals surface area contributed by atoms with Crippen molar-refractivity contribution >= 4 is 34.0 Å². The lowest BCUT2D eigenvalue weighted by Crippen LogP contribution is -2.26. The minimum Gasteiger partial charge on any atom is -0.212 e. The third kappa shape index (κ3) is 4.14. The molecule has 1 heterocycles. The lowest BCUT2D eigenvalue weighted by molar-refractivity contribution is 0.555. The number of sulfonamides is 1. The molecule has 1 aromatic carbocycles. The average Bonchev–Trinajstić information content (AvgIpc) is 3.07. The third-order valence-electron chi connectivity index (χ3n) is 3.29. The molecule has 19 heavy (non-hydrogen) atoms. The van der Waals surface area contributed by atoms with E-state index >= 15 is 0 Å². The van der Waals surface area contributed by atoms with Crippen LogP contribution in [0.1, 0.15) is 11.6 Å². The second-order valence-corrected chi connectivity index (χ2v) is 14.8. The number of hydrogen-bond acceptors (Lipinski definition) is 2. The van der Waals surface area contributed by atoms with Crippen LogP contribution >= 0.6 is 15.9 Å². The smallest absolute Gasteiger partial charge is 0.212 e. The first kappa shape index (κ1) is 15.2. The van der Waals surface area contributed by atoms with Crippen molar-refractivity contribution in [2.75, 3.05) is 12.3 Å². The lowest BCUT2D eigenvalue weighted by atomic mass is 10.2. The minimum absolute atomic E-state index is 0.0553. The van der Waals surface area contributed by atoms with Gasteiger partial charge in [-0.1, -0.05) is 47.7 Å². The molecular formula is C13H20BrNO2SSi. The fourth-order valence-electron chi connectivity index (χ4n) is 1.94. The minimum atomic E-state index is -3.07. The van der Waals surface area contributed by atoms with Crippen LogP contribution in [0.3, 0.4) is 0 Å². The summed E-state index contributed by atoms with van der Waals surface area (Å²) in [5.74, 6) is 0.301. The van der Waals surface area contributed by atoms with Crippen LogP contribution in [0.5, 0.6) is 0 Å². The predicted octanol–water partition coefficient (Wildman–Crippen LogP) is 3.47. The van der Waals surface area contributed by atoms with Crippen molar-refractivity contribution in [1.82, 2.24) is 4.31 Å². The van der Waals surface area contributed by atoms with Gasteiger partial charge in [0.15, 0.2) is 0 Å². The lowest BCUT2D eigenvalue weighted by Gasteiger charge is -2.15. The highest BCUT2D eigenvalue weighted by Crippen LogP contribution is 2.38. The molecule has 2 atom stereocenters. The molecule has 0 radical (unpaired) electrons. The third-order valence-corrected chi connectivity index (χ3v) is 7.77. The SMILES string of the molecule is C[Si](C)(C)CCS(=O)(=O)N1C[C@H]1c1ccc(Br)cc1. The Hall–Kier alpha value is -0.173. The zero-order chi connectivity index (χ0) is 14.3. The number of benzene rings is 1. The fourth-order valence-corrected chi connectivity index (χ4v) is 6.80. The van der Waals surface area contributed by atoms with Crippen LogP contribution < -0.4 is 0 Å². The Labute approximate surface area is 125 Å². The van der Waals surface area contributed by atoms with Crippen molar-refractivity contribution in [2.24, 2.45) is 0 Å². The maximum atomic E-state index is 12.2. The second-order valence-electron chi connectivity index (χ2n) is 6.26. The van der Waals surface area contributed by atoms with Gasteiger partial charge < -0.3 is 0 Å². The Bertz CT molecular complexity index is 551. The van der Waals surface area contributed by atoms with Gasteiger partial charge >= 0.3 is 0 Å². The first-order chi connectivity index (χ1) is 8.69. The van der Waals surface area contributed by atoms with Gasteiger partial charge in [-0.15, -0.1) is 0 Å². The zero-order valence-electron chi connectivity index (χ0n) is 11.6. The van der Waals surface area contributed by atoms with Gasteiger partial charge in [0.1, 0.15) is 0 Å². The fraction of sp³-hybridized carbons (Fsp3) is 0.538. The average molecular weight is 362 g/mol. The van der Waals surface area contributed by atoms with E-state index < -0.39 is 18.1 Å². The van der Waals surface area contributed by atoms with E-state index in [-0.39, 0.29) is 6.04 Å². The van der Waals surface area contributed by atoms with E-state index in [1.165, 1.54) is 0 Å². The van der Waals surface area contributed by atoms with Gasteiger partial charge in [-0.05, 0) is 23.7 Å². The molecule has 3 nitrogen and oxygen atoms in total. The first-order valence-electron chi connectivity index (χ1n) is 6.44. The summed E-state index contributed by atoms with van der Waals surface area (Å²) in [6.45, 7) is 7.25. The van der Waals surface area contributed by atoms with Crippen LogP contribution in [0.15, 0.2) is 28.7 Å². The molecular weight excluding hydrogens is 342 g/mol. The summed E-state index contributed by atoms with van der Waals surface area (Å²) in [7, 11) is -4.38. The predicted molar refractivity (Wildman–Crippen MR) is 85.5 cm³/mol. The maximum absolute atomic E-state index is 12.2. The standard InChI is InChI=1S/C13H20BrNO2SSi/c1-19(2,3)9-8-18(16,17)15-10-13(15)11-4-6-12(14)7-5-11/h4-7,13H,8-10H2,1-3H3/t13-,15?/m0/s1. The van der Waals surface area contributed by atoms with Crippen LogP contribution in [0, 0.1) is 0 Å². The first-order valence-corrected chi connectivity index (χ1v) is 12.5. The molecule has 0 saturated carbocycles. The van der Waals surface area contributed by atoms with Crippen LogP contribution in [-0.4, -0.2) is 33.1 Å². The highest BCUT2D eigenvalue weighted by Gasteiger charge is 2.44. The molecule has 1 aliphatic heterocycles. The Balaban J connectivity index is 2.00. The van der Waals surface area contributed by atoms with Crippen LogP contribution in [0.25, 0.3) is 0 Å². The van der Waals surface area contributed by atoms with Crippen molar-refractivity contribution in [1.29, 1.82) is 0 Å². The van der Waals surface area contributed by atoms with Crippen molar-refractivity contribution in [3.8, 4) is 0 Å². The molecule has 0 aromatic heterocycles. The number of rotatable bonds is 5. The largest absolute Gasteiger partial charge is 0.214 e. The van der Waals surface area contributed by atoms with Gasteiger partial charge in [-0.2, -0.15) is 4.31 Å². The molecule has 1 unspecified atom stereocenters. The molecule has 2 rings (SSSR count). The molecule has 106 valence electrons. The summed E-state index contributed by atoms with van der Waals surface area (Å²) in [6, 6.07) is 8.78. The van der Waals surface area contributed by atoms with Crippen LogP contribution in [0.4, 0.5) is 0 Å². The molecule has 6 heteroatoms. The van der Waals surface area contributed by atoms with Crippen LogP contribution in [0.2, 0.25) is 25.7 Å². The van der Waals surface area contributed by atoms with Gasteiger partial charge in [0.2, 0.25) is 10.0 Å². The molecule has 0 amide bonds. The number of halogens is 1. The van der Waals surface area contributed by atoms with Gasteiger partial charge in [0.25, 0.3) is 0 Å². The van der Waals surface area contributed by atoms with E-state index in [1.54, 1.807) is 4.31 Å².